The van der Waals surface area contributed by atoms with Crippen LogP contribution in [-0.4, -0.2) is 13.1 Å². The lowest BCUT2D eigenvalue weighted by Gasteiger charge is -1.90. The SMILES string of the molecule is COC(=O)c1cc(Cl)c(F)s1. The van der Waals surface area contributed by atoms with Crippen LogP contribution in [0, 0.1) is 5.13 Å². The Hall–Kier alpha value is -0.610. The van der Waals surface area contributed by atoms with Crippen LogP contribution in [0.15, 0.2) is 6.07 Å². The lowest BCUT2D eigenvalue weighted by atomic mass is 10.5. The molecule has 0 aliphatic carbocycles. The van der Waals surface area contributed by atoms with Gasteiger partial charge in [-0.25, -0.2) is 4.79 Å². The van der Waals surface area contributed by atoms with Crippen LogP contribution in [0.2, 0.25) is 5.02 Å². The van der Waals surface area contributed by atoms with Gasteiger partial charge in [-0.05, 0) is 6.07 Å². The highest BCUT2D eigenvalue weighted by molar-refractivity contribution is 7.12. The van der Waals surface area contributed by atoms with Gasteiger partial charge in [0.1, 0.15) is 4.88 Å². The molecule has 0 atom stereocenters. The molecule has 1 aromatic rings. The largest absolute Gasteiger partial charge is 0.465 e. The van der Waals surface area contributed by atoms with Crippen molar-refractivity contribution in [2.24, 2.45) is 0 Å². The van der Waals surface area contributed by atoms with Crippen LogP contribution < -0.4 is 0 Å². The molecule has 0 aliphatic rings. The third-order valence-electron chi connectivity index (χ3n) is 1.03. The summed E-state index contributed by atoms with van der Waals surface area (Å²) in [4.78, 5) is 10.9. The van der Waals surface area contributed by atoms with Gasteiger partial charge in [0.15, 0.2) is 5.13 Å². The normalized spacial score (nSPS) is 9.73. The Morgan fingerprint density at radius 3 is 2.82 bits per heavy atom. The molecule has 0 aliphatic heterocycles. The van der Waals surface area contributed by atoms with Crippen LogP contribution >= 0.6 is 22.9 Å². The topological polar surface area (TPSA) is 26.3 Å². The monoisotopic (exact) mass is 194 g/mol. The van der Waals surface area contributed by atoms with E-state index in [-0.39, 0.29) is 9.90 Å². The van der Waals surface area contributed by atoms with Gasteiger partial charge in [-0.2, -0.15) is 4.39 Å². The molecule has 0 N–H and O–H groups in total. The van der Waals surface area contributed by atoms with E-state index in [4.69, 9.17) is 11.6 Å². The molecule has 2 nitrogen and oxygen atoms in total. The average Bonchev–Trinajstić information content (AvgIpc) is 2.31. The first-order chi connectivity index (χ1) is 5.15. The molecular weight excluding hydrogens is 191 g/mol. The molecule has 0 saturated heterocycles. The van der Waals surface area contributed by atoms with Crippen molar-refractivity contribution in [1.29, 1.82) is 0 Å². The van der Waals surface area contributed by atoms with E-state index in [1.165, 1.54) is 13.2 Å². The van der Waals surface area contributed by atoms with Crippen molar-refractivity contribution >= 4 is 28.9 Å². The van der Waals surface area contributed by atoms with Gasteiger partial charge in [-0.15, -0.1) is 0 Å². The number of esters is 1. The fourth-order valence-corrected chi connectivity index (χ4v) is 1.53. The Morgan fingerprint density at radius 1 is 1.82 bits per heavy atom. The van der Waals surface area contributed by atoms with E-state index in [0.717, 1.165) is 0 Å². The van der Waals surface area contributed by atoms with E-state index in [1.807, 2.05) is 0 Å². The Balaban J connectivity index is 2.97. The van der Waals surface area contributed by atoms with E-state index >= 15 is 0 Å². The summed E-state index contributed by atoms with van der Waals surface area (Å²) in [5.74, 6) is -0.569. The van der Waals surface area contributed by atoms with Crippen LogP contribution in [0.1, 0.15) is 9.67 Å². The molecule has 0 bridgehead atoms. The minimum atomic E-state index is -0.569. The zero-order chi connectivity index (χ0) is 8.43. The summed E-state index contributed by atoms with van der Waals surface area (Å²) in [6.07, 6.45) is 0. The summed E-state index contributed by atoms with van der Waals surface area (Å²) in [6.45, 7) is 0. The lowest BCUT2D eigenvalue weighted by Crippen LogP contribution is -1.96. The van der Waals surface area contributed by atoms with Gasteiger partial charge in [0, 0.05) is 0 Å². The number of carbonyl (C=O) groups is 1. The van der Waals surface area contributed by atoms with Gasteiger partial charge in [-0.1, -0.05) is 22.9 Å². The minimum absolute atomic E-state index is 0.0459. The molecule has 0 spiro atoms. The number of hydrogen-bond acceptors (Lipinski definition) is 3. The maximum absolute atomic E-state index is 12.5. The fraction of sp³-hybridized carbons (Fsp3) is 0.167. The number of hydrogen-bond donors (Lipinski definition) is 0. The maximum atomic E-state index is 12.5. The smallest absolute Gasteiger partial charge is 0.348 e. The number of halogens is 2. The number of ether oxygens (including phenoxy) is 1. The Labute approximate surface area is 71.5 Å². The first-order valence-corrected chi connectivity index (χ1v) is 3.87. The highest BCUT2D eigenvalue weighted by Gasteiger charge is 2.12. The summed E-state index contributed by atoms with van der Waals surface area (Å²) in [6, 6.07) is 1.24. The Kier molecular flexibility index (Phi) is 2.46. The van der Waals surface area contributed by atoms with Crippen molar-refractivity contribution < 1.29 is 13.9 Å². The predicted octanol–water partition coefficient (Wildman–Crippen LogP) is 2.33. The molecule has 0 fully saturated rings. The van der Waals surface area contributed by atoms with Crippen molar-refractivity contribution in [2.45, 2.75) is 0 Å². The molecule has 0 aromatic carbocycles. The number of carbonyl (C=O) groups excluding carboxylic acids is 1. The van der Waals surface area contributed by atoms with Gasteiger partial charge in [0.25, 0.3) is 0 Å². The lowest BCUT2D eigenvalue weighted by molar-refractivity contribution is 0.0606. The molecule has 0 unspecified atom stereocenters. The first-order valence-electron chi connectivity index (χ1n) is 2.68. The molecule has 5 heteroatoms. The first kappa shape index (κ1) is 8.49. The van der Waals surface area contributed by atoms with Gasteiger partial charge >= 0.3 is 5.97 Å². The minimum Gasteiger partial charge on any atom is -0.465 e. The molecule has 0 amide bonds. The maximum Gasteiger partial charge on any atom is 0.348 e. The quantitative estimate of drug-likeness (QED) is 0.642. The van der Waals surface area contributed by atoms with E-state index < -0.39 is 11.1 Å². The van der Waals surface area contributed by atoms with Gasteiger partial charge in [0.05, 0.1) is 12.1 Å². The summed E-state index contributed by atoms with van der Waals surface area (Å²) >= 11 is 6.03. The number of rotatable bonds is 1. The van der Waals surface area contributed by atoms with Crippen LogP contribution in [0.25, 0.3) is 0 Å². The highest BCUT2D eigenvalue weighted by Crippen LogP contribution is 2.25. The third-order valence-corrected chi connectivity index (χ3v) is 2.32. The van der Waals surface area contributed by atoms with Gasteiger partial charge < -0.3 is 4.74 Å². The van der Waals surface area contributed by atoms with Crippen molar-refractivity contribution in [3.05, 3.63) is 21.1 Å². The van der Waals surface area contributed by atoms with Crippen LogP contribution in [0.3, 0.4) is 0 Å². The van der Waals surface area contributed by atoms with Crippen molar-refractivity contribution in [1.82, 2.24) is 0 Å². The summed E-state index contributed by atoms with van der Waals surface area (Å²) < 4.78 is 16.9. The molecule has 60 valence electrons. The van der Waals surface area contributed by atoms with Crippen molar-refractivity contribution in [2.75, 3.05) is 7.11 Å². The molecule has 1 aromatic heterocycles. The Bertz CT molecular complexity index is 265. The van der Waals surface area contributed by atoms with Crippen molar-refractivity contribution in [3.8, 4) is 0 Å². The van der Waals surface area contributed by atoms with E-state index in [2.05, 4.69) is 4.74 Å². The summed E-state index contributed by atoms with van der Waals surface area (Å²) in [7, 11) is 1.23. The van der Waals surface area contributed by atoms with Crippen LogP contribution in [0.4, 0.5) is 4.39 Å². The third kappa shape index (κ3) is 1.70. The number of methoxy groups -OCH3 is 1. The fourth-order valence-electron chi connectivity index (χ4n) is 0.548. The standard InChI is InChI=1S/C6H4ClFO2S/c1-10-6(9)4-2-3(7)5(8)11-4/h2H,1H3. The Morgan fingerprint density at radius 2 is 2.45 bits per heavy atom. The average molecular weight is 195 g/mol. The second-order valence-electron chi connectivity index (χ2n) is 1.72. The van der Waals surface area contributed by atoms with E-state index in [9.17, 15) is 9.18 Å². The second-order valence-corrected chi connectivity index (χ2v) is 3.13. The second kappa shape index (κ2) is 3.19. The van der Waals surface area contributed by atoms with Crippen LogP contribution in [-0.2, 0) is 4.74 Å². The van der Waals surface area contributed by atoms with E-state index in [0.29, 0.717) is 11.3 Å². The van der Waals surface area contributed by atoms with Gasteiger partial charge in [-0.3, -0.25) is 0 Å². The molecule has 0 radical (unpaired) electrons. The zero-order valence-corrected chi connectivity index (χ0v) is 7.13. The number of thiophene rings is 1. The molecule has 11 heavy (non-hydrogen) atoms. The molecular formula is C6H4ClFO2S. The van der Waals surface area contributed by atoms with Crippen molar-refractivity contribution in [3.63, 3.8) is 0 Å². The molecule has 0 saturated carbocycles. The highest BCUT2D eigenvalue weighted by atomic mass is 35.5. The molecule has 1 rings (SSSR count). The summed E-state index contributed by atoms with van der Waals surface area (Å²) in [5.41, 5.74) is 0. The zero-order valence-electron chi connectivity index (χ0n) is 5.56. The molecule has 1 heterocycles. The van der Waals surface area contributed by atoms with E-state index in [1.54, 1.807) is 0 Å². The van der Waals surface area contributed by atoms with Crippen LogP contribution in [0.5, 0.6) is 0 Å². The van der Waals surface area contributed by atoms with Gasteiger partial charge in [0.2, 0.25) is 0 Å². The predicted molar refractivity (Wildman–Crippen MR) is 40.6 cm³/mol. The summed E-state index contributed by atoms with van der Waals surface area (Å²) in [5, 5.41) is -0.609.